The number of nitrogens with zero attached hydrogens (tertiary/aromatic N) is 2. The van der Waals surface area contributed by atoms with Crippen molar-refractivity contribution in [3.8, 4) is 0 Å². The van der Waals surface area contributed by atoms with E-state index in [2.05, 4.69) is 39.0 Å². The first-order valence-electron chi connectivity index (χ1n) is 4.77. The summed E-state index contributed by atoms with van der Waals surface area (Å²) in [4.78, 5) is 0. The van der Waals surface area contributed by atoms with Crippen LogP contribution < -0.4 is 0 Å². The molecule has 0 bridgehead atoms. The Morgan fingerprint density at radius 2 is 2.40 bits per heavy atom. The van der Waals surface area contributed by atoms with E-state index in [1.807, 2.05) is 0 Å². The second-order valence-electron chi connectivity index (χ2n) is 3.36. The summed E-state index contributed by atoms with van der Waals surface area (Å²) in [5.74, 6) is 1.02. The van der Waals surface area contributed by atoms with Crippen LogP contribution in [0.25, 0.3) is 15.7 Å². The molecule has 0 unspecified atom stereocenters. The molecular formula is C10H9N3S2. The maximum absolute atomic E-state index is 5.23. The van der Waals surface area contributed by atoms with Gasteiger partial charge in [0.1, 0.15) is 10.5 Å². The van der Waals surface area contributed by atoms with Gasteiger partial charge < -0.3 is 0 Å². The molecule has 0 aliphatic rings. The zero-order valence-corrected chi connectivity index (χ0v) is 9.78. The van der Waals surface area contributed by atoms with Gasteiger partial charge in [0.2, 0.25) is 0 Å². The normalized spacial score (nSPS) is 11.5. The highest BCUT2D eigenvalue weighted by Gasteiger charge is 2.08. The van der Waals surface area contributed by atoms with Gasteiger partial charge in [-0.05, 0) is 17.5 Å². The van der Waals surface area contributed by atoms with Crippen LogP contribution in [0.1, 0.15) is 12.7 Å². The number of aryl methyl sites for hydroxylation is 1. The average molecular weight is 235 g/mol. The van der Waals surface area contributed by atoms with Crippen molar-refractivity contribution in [1.29, 1.82) is 0 Å². The third-order valence-corrected chi connectivity index (χ3v) is 3.67. The number of fused-ring (bicyclic) bond motifs is 3. The molecule has 0 aliphatic carbocycles. The first-order valence-corrected chi connectivity index (χ1v) is 6.06. The van der Waals surface area contributed by atoms with E-state index in [0.717, 1.165) is 17.8 Å². The van der Waals surface area contributed by atoms with Crippen molar-refractivity contribution in [3.63, 3.8) is 0 Å². The number of nitrogens with one attached hydrogen (secondary N) is 1. The zero-order valence-electron chi connectivity index (χ0n) is 8.15. The first kappa shape index (κ1) is 9.06. The third-order valence-electron chi connectivity index (χ3n) is 2.52. The lowest BCUT2D eigenvalue weighted by Crippen LogP contribution is -2.01. The predicted octanol–water partition coefficient (Wildman–Crippen LogP) is 3.17. The van der Waals surface area contributed by atoms with Crippen molar-refractivity contribution in [2.24, 2.45) is 0 Å². The Labute approximate surface area is 95.4 Å². The van der Waals surface area contributed by atoms with Gasteiger partial charge in [-0.25, -0.2) is 0 Å². The molecule has 3 nitrogen and oxygen atoms in total. The van der Waals surface area contributed by atoms with Gasteiger partial charge in [0.25, 0.3) is 0 Å². The molecule has 0 aromatic carbocycles. The van der Waals surface area contributed by atoms with Crippen molar-refractivity contribution in [2.45, 2.75) is 13.3 Å². The van der Waals surface area contributed by atoms with Crippen LogP contribution in [0, 0.1) is 4.64 Å². The minimum Gasteiger partial charge on any atom is -0.292 e. The number of hydrogen-bond donors (Lipinski definition) is 1. The fourth-order valence-electron chi connectivity index (χ4n) is 1.83. The van der Waals surface area contributed by atoms with Crippen molar-refractivity contribution in [3.05, 3.63) is 28.0 Å². The first-order chi connectivity index (χ1) is 7.31. The summed E-state index contributed by atoms with van der Waals surface area (Å²) in [6.45, 7) is 2.09. The number of aromatic nitrogens is 3. The molecule has 0 amide bonds. The second kappa shape index (κ2) is 3.15. The Morgan fingerprint density at radius 1 is 1.53 bits per heavy atom. The van der Waals surface area contributed by atoms with Gasteiger partial charge in [-0.1, -0.05) is 19.1 Å². The predicted molar refractivity (Wildman–Crippen MR) is 65.1 cm³/mol. The highest BCUT2D eigenvalue weighted by Crippen LogP contribution is 2.26. The van der Waals surface area contributed by atoms with Crippen LogP contribution in [0.3, 0.4) is 0 Å². The lowest BCUT2D eigenvalue weighted by atomic mass is 10.4. The Bertz CT molecular complexity index is 689. The van der Waals surface area contributed by atoms with E-state index < -0.39 is 0 Å². The molecule has 0 fully saturated rings. The highest BCUT2D eigenvalue weighted by atomic mass is 32.1. The summed E-state index contributed by atoms with van der Waals surface area (Å²) >= 11 is 6.97. The van der Waals surface area contributed by atoms with E-state index in [4.69, 9.17) is 12.2 Å². The number of thiophene rings is 1. The van der Waals surface area contributed by atoms with E-state index >= 15 is 0 Å². The number of aromatic amines is 1. The monoisotopic (exact) mass is 235 g/mol. The molecule has 0 saturated carbocycles. The highest BCUT2D eigenvalue weighted by molar-refractivity contribution is 7.71. The molecule has 3 aromatic rings. The van der Waals surface area contributed by atoms with Crippen LogP contribution in [0.4, 0.5) is 0 Å². The largest absolute Gasteiger partial charge is 0.292 e. The minimum atomic E-state index is 0.704. The fourth-order valence-corrected chi connectivity index (χ4v) is 2.83. The molecule has 5 heteroatoms. The maximum atomic E-state index is 5.23. The van der Waals surface area contributed by atoms with E-state index in [0.29, 0.717) is 4.64 Å². The third kappa shape index (κ3) is 1.16. The molecule has 0 aliphatic heterocycles. The van der Waals surface area contributed by atoms with Crippen LogP contribution in [-0.2, 0) is 6.42 Å². The summed E-state index contributed by atoms with van der Waals surface area (Å²) in [7, 11) is 0. The fraction of sp³-hybridized carbons (Fsp3) is 0.200. The van der Waals surface area contributed by atoms with Crippen molar-refractivity contribution in [2.75, 3.05) is 0 Å². The van der Waals surface area contributed by atoms with Crippen molar-refractivity contribution >= 4 is 39.3 Å². The molecule has 3 rings (SSSR count). The smallest absolute Gasteiger partial charge is 0.144 e. The standard InChI is InChI=1S/C10H9N3S2/c1-2-9-11-12-10(14)7-5-8-6(13(7)9)3-4-15-8/h3-5H,2H2,1H3,(H,12,14). The Kier molecular flexibility index (Phi) is 1.90. The SMILES string of the molecule is CCc1n[nH]c(=S)c2cc3sccc3n12. The van der Waals surface area contributed by atoms with Crippen molar-refractivity contribution < 1.29 is 0 Å². The molecule has 0 radical (unpaired) electrons. The molecule has 0 atom stereocenters. The quantitative estimate of drug-likeness (QED) is 0.657. The summed E-state index contributed by atoms with van der Waals surface area (Å²) in [5, 5.41) is 9.25. The van der Waals surface area contributed by atoms with Gasteiger partial charge in [-0.3, -0.25) is 9.50 Å². The topological polar surface area (TPSA) is 33.1 Å². The van der Waals surface area contributed by atoms with E-state index in [1.165, 1.54) is 10.2 Å². The van der Waals surface area contributed by atoms with Gasteiger partial charge in [-0.15, -0.1) is 11.3 Å². The van der Waals surface area contributed by atoms with Gasteiger partial charge in [-0.2, -0.15) is 5.10 Å². The van der Waals surface area contributed by atoms with E-state index in [1.54, 1.807) is 11.3 Å². The molecule has 3 heterocycles. The molecule has 76 valence electrons. The van der Waals surface area contributed by atoms with Crippen LogP contribution in [0.15, 0.2) is 17.5 Å². The molecule has 0 spiro atoms. The second-order valence-corrected chi connectivity index (χ2v) is 4.71. The van der Waals surface area contributed by atoms with Gasteiger partial charge >= 0.3 is 0 Å². The number of hydrogen-bond acceptors (Lipinski definition) is 3. The maximum Gasteiger partial charge on any atom is 0.144 e. The molecular weight excluding hydrogens is 226 g/mol. The number of rotatable bonds is 1. The Morgan fingerprint density at radius 3 is 3.20 bits per heavy atom. The van der Waals surface area contributed by atoms with Crippen LogP contribution in [0.5, 0.6) is 0 Å². The Balaban J connectivity index is 2.65. The molecule has 3 aromatic heterocycles. The average Bonchev–Trinajstić information content (AvgIpc) is 2.79. The Hall–Kier alpha value is -1.20. The van der Waals surface area contributed by atoms with Crippen molar-refractivity contribution in [1.82, 2.24) is 14.6 Å². The molecule has 15 heavy (non-hydrogen) atoms. The van der Waals surface area contributed by atoms with Crippen LogP contribution in [0.2, 0.25) is 0 Å². The lowest BCUT2D eigenvalue weighted by molar-refractivity contribution is 0.830. The number of H-pyrrole nitrogens is 1. The van der Waals surface area contributed by atoms with Gasteiger partial charge in [0.15, 0.2) is 0 Å². The summed E-state index contributed by atoms with van der Waals surface area (Å²) in [5.41, 5.74) is 2.26. The molecule has 1 N–H and O–H groups in total. The van der Waals surface area contributed by atoms with Crippen LogP contribution in [-0.4, -0.2) is 14.6 Å². The van der Waals surface area contributed by atoms with E-state index in [9.17, 15) is 0 Å². The van der Waals surface area contributed by atoms with E-state index in [-0.39, 0.29) is 0 Å². The summed E-state index contributed by atoms with van der Waals surface area (Å²) in [6.07, 6.45) is 0.891. The minimum absolute atomic E-state index is 0.704. The van der Waals surface area contributed by atoms with Gasteiger partial charge in [0, 0.05) is 6.42 Å². The lowest BCUT2D eigenvalue weighted by Gasteiger charge is -2.02. The summed E-state index contributed by atoms with van der Waals surface area (Å²) in [6, 6.07) is 4.24. The zero-order chi connectivity index (χ0) is 10.4. The van der Waals surface area contributed by atoms with Gasteiger partial charge in [0.05, 0.1) is 15.7 Å². The summed E-state index contributed by atoms with van der Waals surface area (Å²) < 4.78 is 4.11. The van der Waals surface area contributed by atoms with Crippen LogP contribution >= 0.6 is 23.6 Å². The molecule has 0 saturated heterocycles.